The predicted molar refractivity (Wildman–Crippen MR) is 125 cm³/mol. The van der Waals surface area contributed by atoms with Gasteiger partial charge in [0, 0.05) is 18.2 Å². The molecule has 0 fully saturated rings. The first-order valence-corrected chi connectivity index (χ1v) is 11.5. The Labute approximate surface area is 195 Å². The van der Waals surface area contributed by atoms with E-state index in [4.69, 9.17) is 21.1 Å². The number of hydrogen-bond donors (Lipinski definition) is 2. The average molecular weight is 474 g/mol. The Kier molecular flexibility index (Phi) is 6.76. The van der Waals surface area contributed by atoms with E-state index in [1.165, 1.54) is 11.8 Å². The fourth-order valence-corrected chi connectivity index (χ4v) is 4.89. The number of methoxy groups -OCH3 is 2. The van der Waals surface area contributed by atoms with Gasteiger partial charge in [-0.05, 0) is 36.2 Å². The molecular weight excluding hydrogens is 450 g/mol. The van der Waals surface area contributed by atoms with Crippen LogP contribution in [0.25, 0.3) is 0 Å². The van der Waals surface area contributed by atoms with E-state index in [2.05, 4.69) is 27.9 Å². The molecule has 0 spiro atoms. The van der Waals surface area contributed by atoms with E-state index in [9.17, 15) is 4.79 Å². The van der Waals surface area contributed by atoms with Crippen molar-refractivity contribution in [3.8, 4) is 11.5 Å². The molecule has 2 atom stereocenters. The Morgan fingerprint density at radius 1 is 1.22 bits per heavy atom. The van der Waals surface area contributed by atoms with E-state index >= 15 is 0 Å². The van der Waals surface area contributed by atoms with Crippen LogP contribution in [0, 0.1) is 0 Å². The minimum Gasteiger partial charge on any atom is -0.497 e. The van der Waals surface area contributed by atoms with Gasteiger partial charge in [0.2, 0.25) is 11.1 Å². The smallest absolute Gasteiger partial charge is 0.240 e. The molecule has 2 aromatic carbocycles. The summed E-state index contributed by atoms with van der Waals surface area (Å²) >= 11 is 7.76. The number of benzene rings is 2. The largest absolute Gasteiger partial charge is 0.497 e. The van der Waals surface area contributed by atoms with E-state index in [0.29, 0.717) is 27.4 Å². The van der Waals surface area contributed by atoms with Crippen molar-refractivity contribution in [3.63, 3.8) is 0 Å². The number of carbonyl (C=O) groups is 1. The average Bonchev–Trinajstić information content (AvgIpc) is 3.20. The van der Waals surface area contributed by atoms with Crippen molar-refractivity contribution in [2.24, 2.45) is 0 Å². The van der Waals surface area contributed by atoms with E-state index in [0.717, 1.165) is 24.2 Å². The fourth-order valence-electron chi connectivity index (χ4n) is 3.52. The number of halogens is 1. The molecule has 0 radical (unpaired) electrons. The summed E-state index contributed by atoms with van der Waals surface area (Å²) in [4.78, 5) is 13.4. The van der Waals surface area contributed by atoms with Crippen LogP contribution in [0.5, 0.6) is 11.5 Å². The van der Waals surface area contributed by atoms with Crippen LogP contribution in [0.4, 0.5) is 5.69 Å². The summed E-state index contributed by atoms with van der Waals surface area (Å²) in [5.41, 5.74) is 4.95. The lowest BCUT2D eigenvalue weighted by molar-refractivity contribution is -0.116. The van der Waals surface area contributed by atoms with Gasteiger partial charge in [-0.15, -0.1) is 10.2 Å². The number of thioether (sulfide) groups is 1. The molecule has 8 nitrogen and oxygen atoms in total. The predicted octanol–water partition coefficient (Wildman–Crippen LogP) is 4.30. The number of fused-ring (bicyclic) bond motifs is 1. The van der Waals surface area contributed by atoms with Crippen LogP contribution in [-0.4, -0.2) is 40.3 Å². The van der Waals surface area contributed by atoms with Gasteiger partial charge in [0.05, 0.1) is 25.3 Å². The lowest BCUT2D eigenvalue weighted by Gasteiger charge is -2.33. The minimum absolute atomic E-state index is 0.168. The summed E-state index contributed by atoms with van der Waals surface area (Å²) in [6.07, 6.45) is 1.71. The van der Waals surface area contributed by atoms with Crippen molar-refractivity contribution in [2.75, 3.05) is 25.0 Å². The van der Waals surface area contributed by atoms with Gasteiger partial charge in [-0.25, -0.2) is 4.68 Å². The Hall–Kier alpha value is -2.91. The molecule has 0 bridgehead atoms. The Morgan fingerprint density at radius 2 is 2.06 bits per heavy atom. The van der Waals surface area contributed by atoms with Crippen LogP contribution in [0.1, 0.15) is 30.8 Å². The third kappa shape index (κ3) is 4.49. The third-order valence-electron chi connectivity index (χ3n) is 5.11. The topological polar surface area (TPSA) is 90.3 Å². The van der Waals surface area contributed by atoms with Crippen LogP contribution in [-0.2, 0) is 11.2 Å². The molecule has 0 saturated carbocycles. The van der Waals surface area contributed by atoms with Gasteiger partial charge in [-0.1, -0.05) is 42.4 Å². The van der Waals surface area contributed by atoms with Gasteiger partial charge < -0.3 is 20.2 Å². The molecule has 10 heteroatoms. The molecule has 3 aromatic rings. The SMILES string of the molecule is CCCc1nnc2n1N[C@@H](c1ccc(OC)c(Cl)c1)[C@H](C(=O)Nc1cccc(OC)c1)S2. The van der Waals surface area contributed by atoms with Crippen LogP contribution in [0.15, 0.2) is 47.6 Å². The first kappa shape index (κ1) is 22.3. The highest BCUT2D eigenvalue weighted by molar-refractivity contribution is 8.00. The molecule has 2 N–H and O–H groups in total. The molecule has 1 aliphatic rings. The zero-order chi connectivity index (χ0) is 22.7. The molecule has 0 saturated heterocycles. The van der Waals surface area contributed by atoms with Crippen LogP contribution < -0.4 is 20.2 Å². The van der Waals surface area contributed by atoms with Crippen molar-refractivity contribution < 1.29 is 14.3 Å². The second kappa shape index (κ2) is 9.70. The third-order valence-corrected chi connectivity index (χ3v) is 6.62. The fraction of sp³-hybridized carbons (Fsp3) is 0.318. The summed E-state index contributed by atoms with van der Waals surface area (Å²) in [5, 5.41) is 12.2. The molecule has 0 unspecified atom stereocenters. The highest BCUT2D eigenvalue weighted by Gasteiger charge is 2.38. The van der Waals surface area contributed by atoms with Crippen molar-refractivity contribution in [1.82, 2.24) is 14.9 Å². The van der Waals surface area contributed by atoms with E-state index < -0.39 is 5.25 Å². The molecule has 1 amide bonds. The lowest BCUT2D eigenvalue weighted by Crippen LogP contribution is -2.41. The molecule has 1 aliphatic heterocycles. The van der Waals surface area contributed by atoms with E-state index in [-0.39, 0.29) is 11.9 Å². The van der Waals surface area contributed by atoms with E-state index in [1.54, 1.807) is 26.4 Å². The highest BCUT2D eigenvalue weighted by atomic mass is 35.5. The number of aromatic nitrogens is 3. The van der Waals surface area contributed by atoms with Crippen molar-refractivity contribution in [3.05, 3.63) is 58.9 Å². The van der Waals surface area contributed by atoms with Crippen LogP contribution in [0.3, 0.4) is 0 Å². The van der Waals surface area contributed by atoms with Gasteiger partial charge in [0.15, 0.2) is 5.82 Å². The number of nitrogens with zero attached hydrogens (tertiary/aromatic N) is 3. The van der Waals surface area contributed by atoms with Gasteiger partial charge in [0.25, 0.3) is 0 Å². The molecule has 168 valence electrons. The number of nitrogens with one attached hydrogen (secondary N) is 2. The summed E-state index contributed by atoms with van der Waals surface area (Å²) in [6.45, 7) is 2.09. The number of carbonyl (C=O) groups excluding carboxylic acids is 1. The summed E-state index contributed by atoms with van der Waals surface area (Å²) in [6, 6.07) is 12.4. The second-order valence-corrected chi connectivity index (χ2v) is 8.76. The van der Waals surface area contributed by atoms with Gasteiger partial charge >= 0.3 is 0 Å². The standard InChI is InChI=1S/C22H24ClN5O3S/c1-4-6-18-25-26-22-28(18)27-19(13-9-10-17(31-3)16(23)11-13)20(32-22)21(29)24-14-7-5-8-15(12-14)30-2/h5,7-12,19-20,27H,4,6H2,1-3H3,(H,24,29)/t19-,20+/m0/s1. The zero-order valence-corrected chi connectivity index (χ0v) is 19.5. The van der Waals surface area contributed by atoms with Gasteiger partial charge in [0.1, 0.15) is 16.7 Å². The molecule has 4 rings (SSSR count). The maximum atomic E-state index is 13.4. The number of amides is 1. The Bertz CT molecular complexity index is 1120. The maximum absolute atomic E-state index is 13.4. The number of anilines is 1. The monoisotopic (exact) mass is 473 g/mol. The summed E-state index contributed by atoms with van der Waals surface area (Å²) in [7, 11) is 3.16. The van der Waals surface area contributed by atoms with Crippen molar-refractivity contribution in [1.29, 1.82) is 0 Å². The molecule has 2 heterocycles. The quantitative estimate of drug-likeness (QED) is 0.528. The second-order valence-electron chi connectivity index (χ2n) is 7.24. The highest BCUT2D eigenvalue weighted by Crippen LogP contribution is 2.39. The van der Waals surface area contributed by atoms with Crippen molar-refractivity contribution >= 4 is 35.0 Å². The Balaban J connectivity index is 1.68. The molecule has 0 aliphatic carbocycles. The van der Waals surface area contributed by atoms with Gasteiger partial charge in [-0.3, -0.25) is 4.79 Å². The number of rotatable bonds is 7. The first-order valence-electron chi connectivity index (χ1n) is 10.2. The van der Waals surface area contributed by atoms with Crippen molar-refractivity contribution in [2.45, 2.75) is 36.2 Å². The minimum atomic E-state index is -0.517. The first-order chi connectivity index (χ1) is 15.5. The zero-order valence-electron chi connectivity index (χ0n) is 18.0. The number of hydrogen-bond acceptors (Lipinski definition) is 7. The lowest BCUT2D eigenvalue weighted by atomic mass is 10.0. The Morgan fingerprint density at radius 3 is 2.78 bits per heavy atom. The summed E-state index contributed by atoms with van der Waals surface area (Å²) < 4.78 is 12.4. The van der Waals surface area contributed by atoms with E-state index in [1.807, 2.05) is 35.0 Å². The normalized spacial score (nSPS) is 17.2. The van der Waals surface area contributed by atoms with Crippen LogP contribution >= 0.6 is 23.4 Å². The maximum Gasteiger partial charge on any atom is 0.240 e. The molecular formula is C22H24ClN5O3S. The van der Waals surface area contributed by atoms with Crippen LogP contribution in [0.2, 0.25) is 5.02 Å². The number of ether oxygens (including phenoxy) is 2. The van der Waals surface area contributed by atoms with Gasteiger partial charge in [-0.2, -0.15) is 0 Å². The summed E-state index contributed by atoms with van der Waals surface area (Å²) in [5.74, 6) is 1.90. The number of aryl methyl sites for hydroxylation is 1. The molecule has 32 heavy (non-hydrogen) atoms. The molecule has 1 aromatic heterocycles.